The van der Waals surface area contributed by atoms with Crippen LogP contribution in [-0.2, 0) is 9.47 Å². The van der Waals surface area contributed by atoms with Gasteiger partial charge in [-0.3, -0.25) is 0 Å². The van der Waals surface area contributed by atoms with E-state index in [2.05, 4.69) is 50.5 Å². The zero-order valence-electron chi connectivity index (χ0n) is 13.7. The zero-order chi connectivity index (χ0) is 15.4. The molecule has 0 aliphatic carbocycles. The van der Waals surface area contributed by atoms with Crippen LogP contribution in [0.25, 0.3) is 0 Å². The lowest BCUT2D eigenvalue weighted by molar-refractivity contribution is -0.106. The third-order valence-corrected chi connectivity index (χ3v) is 6.17. The Morgan fingerprint density at radius 1 is 0.800 bits per heavy atom. The number of aliphatic hydroxyl groups excluding tert-OH is 1. The maximum Gasteiger partial charge on any atom is 0.157 e. The van der Waals surface area contributed by atoms with Crippen molar-refractivity contribution in [1.29, 1.82) is 0 Å². The van der Waals surface area contributed by atoms with E-state index in [0.717, 1.165) is 12.8 Å². The Bertz CT molecular complexity index is 259. The molecule has 2 aliphatic rings. The van der Waals surface area contributed by atoms with E-state index in [1.54, 1.807) is 0 Å². The van der Waals surface area contributed by atoms with Gasteiger partial charge in [0.1, 0.15) is 5.01 Å². The first-order valence-electron chi connectivity index (χ1n) is 7.96. The summed E-state index contributed by atoms with van der Waals surface area (Å²) in [6.45, 7) is 12.9. The highest BCUT2D eigenvalue weighted by atomic mass is 79.9. The topological polar surface area (TPSA) is 38.7 Å². The fourth-order valence-electron chi connectivity index (χ4n) is 2.95. The number of hydrogen-bond acceptors (Lipinski definition) is 3. The molecule has 2 heterocycles. The van der Waals surface area contributed by atoms with Crippen molar-refractivity contribution in [2.24, 2.45) is 23.7 Å². The highest BCUT2D eigenvalue weighted by Gasteiger charge is 2.37. The molecule has 120 valence electrons. The molecule has 8 atom stereocenters. The molecule has 4 heteroatoms. The van der Waals surface area contributed by atoms with Gasteiger partial charge in [0.25, 0.3) is 0 Å². The molecule has 2 fully saturated rings. The summed E-state index contributed by atoms with van der Waals surface area (Å²) in [5.74, 6) is 2.16. The van der Waals surface area contributed by atoms with Crippen LogP contribution in [0.2, 0.25) is 0 Å². The van der Waals surface area contributed by atoms with Gasteiger partial charge in [-0.1, -0.05) is 57.5 Å². The Kier molecular flexibility index (Phi) is 7.47. The molecular weight excluding hydrogens is 320 g/mol. The van der Waals surface area contributed by atoms with Crippen molar-refractivity contribution in [2.75, 3.05) is 0 Å². The summed E-state index contributed by atoms with van der Waals surface area (Å²) < 4.78 is 10.9. The van der Waals surface area contributed by atoms with Gasteiger partial charge < -0.3 is 14.6 Å². The minimum absolute atomic E-state index is 0.269. The molecule has 0 aromatic carbocycles. The van der Waals surface area contributed by atoms with E-state index in [1.165, 1.54) is 0 Å². The van der Waals surface area contributed by atoms with E-state index in [9.17, 15) is 5.11 Å². The molecule has 2 saturated heterocycles. The van der Waals surface area contributed by atoms with Crippen LogP contribution in [0.15, 0.2) is 0 Å². The van der Waals surface area contributed by atoms with Crippen molar-refractivity contribution in [3.05, 3.63) is 0 Å². The molecule has 2 rings (SSSR count). The Labute approximate surface area is 132 Å². The summed E-state index contributed by atoms with van der Waals surface area (Å²) in [5, 5.41) is 9.53. The van der Waals surface area contributed by atoms with Crippen molar-refractivity contribution in [2.45, 2.75) is 77.9 Å². The largest absolute Gasteiger partial charge is 0.368 e. The Balaban J connectivity index is 0.000000200. The number of ether oxygens (including phenoxy) is 2. The summed E-state index contributed by atoms with van der Waals surface area (Å²) in [7, 11) is 0. The van der Waals surface area contributed by atoms with Crippen molar-refractivity contribution < 1.29 is 14.6 Å². The maximum absolute atomic E-state index is 9.25. The lowest BCUT2D eigenvalue weighted by atomic mass is 9.92. The molecule has 0 aromatic heterocycles. The lowest BCUT2D eigenvalue weighted by Gasteiger charge is -2.12. The van der Waals surface area contributed by atoms with Gasteiger partial charge in [-0.25, -0.2) is 0 Å². The second-order valence-electron chi connectivity index (χ2n) is 6.34. The van der Waals surface area contributed by atoms with Crippen molar-refractivity contribution >= 4 is 15.9 Å². The first-order valence-corrected chi connectivity index (χ1v) is 8.88. The molecule has 0 radical (unpaired) electrons. The third-order valence-electron chi connectivity index (χ3n) is 5.12. The van der Waals surface area contributed by atoms with E-state index >= 15 is 0 Å². The standard InChI is InChI=1S/C8H15BrO.C8H16O2/c2*1-4-7-5(2)6(3)8(9)10-7/h5-8H,4H2,1-3H3;5-9H,4H2,1-3H3/t2*5-,6-,7+,8?/m00/s1. The third kappa shape index (κ3) is 4.19. The molecule has 2 unspecified atom stereocenters. The first kappa shape index (κ1) is 18.4. The van der Waals surface area contributed by atoms with Crippen molar-refractivity contribution in [3.63, 3.8) is 0 Å². The van der Waals surface area contributed by atoms with Crippen LogP contribution >= 0.6 is 15.9 Å². The molecule has 0 spiro atoms. The minimum Gasteiger partial charge on any atom is -0.368 e. The average Bonchev–Trinajstić information content (AvgIpc) is 2.84. The average molecular weight is 351 g/mol. The molecule has 3 nitrogen and oxygen atoms in total. The highest BCUT2D eigenvalue weighted by Crippen LogP contribution is 2.36. The van der Waals surface area contributed by atoms with E-state index < -0.39 is 6.29 Å². The van der Waals surface area contributed by atoms with E-state index in [1.807, 2.05) is 6.92 Å². The lowest BCUT2D eigenvalue weighted by Crippen LogP contribution is -2.15. The van der Waals surface area contributed by atoms with E-state index in [4.69, 9.17) is 9.47 Å². The highest BCUT2D eigenvalue weighted by molar-refractivity contribution is 9.09. The Morgan fingerprint density at radius 3 is 1.45 bits per heavy atom. The van der Waals surface area contributed by atoms with Crippen LogP contribution in [0.3, 0.4) is 0 Å². The predicted octanol–water partition coefficient (Wildman–Crippen LogP) is 4.17. The number of hydrogen-bond donors (Lipinski definition) is 1. The van der Waals surface area contributed by atoms with Gasteiger partial charge in [0, 0.05) is 5.92 Å². The van der Waals surface area contributed by atoms with Crippen LogP contribution in [0.4, 0.5) is 0 Å². The van der Waals surface area contributed by atoms with Gasteiger partial charge in [0.05, 0.1) is 12.2 Å². The number of rotatable bonds is 2. The molecule has 2 aliphatic heterocycles. The molecular formula is C16H31BrO3. The van der Waals surface area contributed by atoms with E-state index in [-0.39, 0.29) is 11.1 Å². The fraction of sp³-hybridized carbons (Fsp3) is 1.00. The second kappa shape index (κ2) is 8.11. The Morgan fingerprint density at radius 2 is 1.25 bits per heavy atom. The van der Waals surface area contributed by atoms with Gasteiger partial charge in [-0.15, -0.1) is 0 Å². The fourth-order valence-corrected chi connectivity index (χ4v) is 3.71. The first-order chi connectivity index (χ1) is 9.33. The van der Waals surface area contributed by atoms with E-state index in [0.29, 0.717) is 29.8 Å². The monoisotopic (exact) mass is 350 g/mol. The molecule has 1 N–H and O–H groups in total. The number of alkyl halides is 1. The summed E-state index contributed by atoms with van der Waals surface area (Å²) >= 11 is 3.50. The summed E-state index contributed by atoms with van der Waals surface area (Å²) in [6.07, 6.45) is 2.35. The number of halogens is 1. The molecule has 0 amide bonds. The van der Waals surface area contributed by atoms with Crippen LogP contribution in [0, 0.1) is 23.7 Å². The zero-order valence-corrected chi connectivity index (χ0v) is 15.3. The SMILES string of the molecule is CC[C@H]1OC(Br)[C@@H](C)[C@@H]1C.CC[C@H]1OC(O)[C@@H](C)[C@@H]1C. The van der Waals surface area contributed by atoms with Crippen molar-refractivity contribution in [3.8, 4) is 0 Å². The second-order valence-corrected chi connectivity index (χ2v) is 7.25. The molecule has 0 saturated carbocycles. The number of aliphatic hydroxyl groups is 1. The van der Waals surface area contributed by atoms with Gasteiger partial charge in [0.2, 0.25) is 0 Å². The minimum atomic E-state index is -0.528. The van der Waals surface area contributed by atoms with Gasteiger partial charge in [0.15, 0.2) is 6.29 Å². The van der Waals surface area contributed by atoms with Crippen LogP contribution < -0.4 is 0 Å². The smallest absolute Gasteiger partial charge is 0.157 e. The molecule has 20 heavy (non-hydrogen) atoms. The van der Waals surface area contributed by atoms with Gasteiger partial charge in [-0.2, -0.15) is 0 Å². The quantitative estimate of drug-likeness (QED) is 0.759. The Hall–Kier alpha value is 0.360. The van der Waals surface area contributed by atoms with Crippen LogP contribution in [0.1, 0.15) is 54.4 Å². The van der Waals surface area contributed by atoms with Gasteiger partial charge >= 0.3 is 0 Å². The van der Waals surface area contributed by atoms with Crippen molar-refractivity contribution in [1.82, 2.24) is 0 Å². The normalized spacial score (nSPS) is 48.0. The summed E-state index contributed by atoms with van der Waals surface area (Å²) in [5.41, 5.74) is 0. The summed E-state index contributed by atoms with van der Waals surface area (Å²) in [4.78, 5) is 0. The molecule has 0 bridgehead atoms. The van der Waals surface area contributed by atoms with Gasteiger partial charge in [-0.05, 0) is 30.6 Å². The maximum atomic E-state index is 9.25. The predicted molar refractivity (Wildman–Crippen MR) is 85.7 cm³/mol. The van der Waals surface area contributed by atoms with Crippen LogP contribution in [-0.4, -0.2) is 28.6 Å². The van der Waals surface area contributed by atoms with Crippen LogP contribution in [0.5, 0.6) is 0 Å². The summed E-state index contributed by atoms with van der Waals surface area (Å²) in [6, 6.07) is 0. The molecule has 0 aromatic rings.